The maximum Gasteiger partial charge on any atom is 0.395 e. The number of aryl methyl sites for hydroxylation is 1. The molecule has 2 atom stereocenters. The standard InChI is InChI=1S/C25H30F3N3O2S.2C2H6/c1-15(2)20(24(10-11-24)25(26,27)28)23(33)31-12-4-5-19(31)22(32)29-13-17-6-8-18(9-7-17)21-16(3)30-14-34-21;2*1-2/h6-9,14-15,19-20H,4-5,10-13H2,1-3H3,(H,29,32);2*1-2H3. The van der Waals surface area contributed by atoms with Gasteiger partial charge in [-0.15, -0.1) is 11.3 Å². The van der Waals surface area contributed by atoms with Gasteiger partial charge in [-0.05, 0) is 49.7 Å². The third-order valence-corrected chi connectivity index (χ3v) is 8.13. The molecular formula is C29H42F3N3O2S. The largest absolute Gasteiger partial charge is 0.395 e. The lowest BCUT2D eigenvalue weighted by atomic mass is 9.78. The summed E-state index contributed by atoms with van der Waals surface area (Å²) < 4.78 is 41.4. The third kappa shape index (κ3) is 6.77. The molecule has 0 bridgehead atoms. The SMILES string of the molecule is CC.CC.Cc1ncsc1-c1ccc(CNC(=O)C2CCCN2C(=O)C(C(C)C)C2(C(F)(F)F)CC2)cc1. The van der Waals surface area contributed by atoms with Gasteiger partial charge >= 0.3 is 6.18 Å². The van der Waals surface area contributed by atoms with E-state index in [4.69, 9.17) is 0 Å². The van der Waals surface area contributed by atoms with Crippen molar-refractivity contribution in [3.63, 3.8) is 0 Å². The smallest absolute Gasteiger partial charge is 0.350 e. The second kappa shape index (κ2) is 13.6. The summed E-state index contributed by atoms with van der Waals surface area (Å²) >= 11 is 1.57. The first kappa shape index (κ1) is 31.8. The molecule has 1 aromatic heterocycles. The fourth-order valence-corrected chi connectivity index (χ4v) is 6.02. The number of hydrogen-bond acceptors (Lipinski definition) is 4. The first-order valence-corrected chi connectivity index (χ1v) is 14.6. The van der Waals surface area contributed by atoms with Crippen LogP contribution >= 0.6 is 11.3 Å². The van der Waals surface area contributed by atoms with E-state index in [1.54, 1.807) is 30.7 Å². The van der Waals surface area contributed by atoms with Crippen LogP contribution in [0.3, 0.4) is 0 Å². The van der Waals surface area contributed by atoms with Gasteiger partial charge in [0, 0.05) is 13.1 Å². The molecule has 1 aliphatic heterocycles. The topological polar surface area (TPSA) is 62.3 Å². The average Bonchev–Trinajstić information content (AvgIpc) is 3.35. The van der Waals surface area contributed by atoms with Crippen molar-refractivity contribution in [2.45, 2.75) is 92.9 Å². The maximum atomic E-state index is 13.8. The number of rotatable bonds is 7. The number of amides is 2. The van der Waals surface area contributed by atoms with Crippen LogP contribution in [0.4, 0.5) is 13.2 Å². The summed E-state index contributed by atoms with van der Waals surface area (Å²) in [7, 11) is 0. The molecular weight excluding hydrogens is 511 g/mol. The van der Waals surface area contributed by atoms with Crippen LogP contribution in [0, 0.1) is 24.2 Å². The van der Waals surface area contributed by atoms with Crippen LogP contribution in [0.2, 0.25) is 0 Å². The Morgan fingerprint density at radius 1 is 1.13 bits per heavy atom. The van der Waals surface area contributed by atoms with Gasteiger partial charge in [-0.1, -0.05) is 65.8 Å². The molecule has 4 rings (SSSR count). The van der Waals surface area contributed by atoms with Crippen molar-refractivity contribution in [1.82, 2.24) is 15.2 Å². The van der Waals surface area contributed by atoms with Gasteiger partial charge in [0.1, 0.15) is 6.04 Å². The Bertz CT molecular complexity index is 1050. The molecule has 2 fully saturated rings. The first-order chi connectivity index (χ1) is 18.0. The van der Waals surface area contributed by atoms with E-state index in [-0.39, 0.29) is 18.7 Å². The summed E-state index contributed by atoms with van der Waals surface area (Å²) in [5.74, 6) is -2.45. The van der Waals surface area contributed by atoms with Gasteiger partial charge in [0.05, 0.1) is 27.4 Å². The van der Waals surface area contributed by atoms with Crippen molar-refractivity contribution in [3.05, 3.63) is 41.0 Å². The van der Waals surface area contributed by atoms with E-state index in [1.165, 1.54) is 4.90 Å². The normalized spacial score (nSPS) is 18.6. The number of carbonyl (C=O) groups excluding carboxylic acids is 2. The molecule has 1 aliphatic carbocycles. The van der Waals surface area contributed by atoms with E-state index in [0.29, 0.717) is 25.9 Å². The number of benzene rings is 1. The number of carbonyl (C=O) groups is 2. The first-order valence-electron chi connectivity index (χ1n) is 13.7. The Hall–Kier alpha value is -2.42. The number of aromatic nitrogens is 1. The van der Waals surface area contributed by atoms with Gasteiger partial charge in [-0.3, -0.25) is 9.59 Å². The van der Waals surface area contributed by atoms with Gasteiger partial charge in [-0.2, -0.15) is 13.2 Å². The minimum absolute atomic E-state index is 0.0210. The Balaban J connectivity index is 0.00000121. The van der Waals surface area contributed by atoms with E-state index < -0.39 is 35.4 Å². The number of likely N-dealkylation sites (tertiary alicyclic amines) is 1. The van der Waals surface area contributed by atoms with Crippen LogP contribution < -0.4 is 5.32 Å². The van der Waals surface area contributed by atoms with Crippen molar-refractivity contribution in [1.29, 1.82) is 0 Å². The molecule has 2 unspecified atom stereocenters. The van der Waals surface area contributed by atoms with E-state index in [9.17, 15) is 22.8 Å². The van der Waals surface area contributed by atoms with Crippen molar-refractivity contribution >= 4 is 23.2 Å². The van der Waals surface area contributed by atoms with Gasteiger partial charge in [0.2, 0.25) is 11.8 Å². The Labute approximate surface area is 229 Å². The minimum Gasteiger partial charge on any atom is -0.350 e. The van der Waals surface area contributed by atoms with Crippen molar-refractivity contribution in [2.24, 2.45) is 17.3 Å². The molecule has 2 amide bonds. The van der Waals surface area contributed by atoms with Crippen LogP contribution in [-0.2, 0) is 16.1 Å². The molecule has 2 heterocycles. The predicted octanol–water partition coefficient (Wildman–Crippen LogP) is 7.39. The van der Waals surface area contributed by atoms with Crippen LogP contribution in [0.25, 0.3) is 10.4 Å². The monoisotopic (exact) mass is 553 g/mol. The van der Waals surface area contributed by atoms with Crippen molar-refractivity contribution < 1.29 is 22.8 Å². The molecule has 1 aromatic carbocycles. The van der Waals surface area contributed by atoms with Crippen molar-refractivity contribution in [3.8, 4) is 10.4 Å². The Morgan fingerprint density at radius 2 is 1.74 bits per heavy atom. The number of nitrogens with zero attached hydrogens (tertiary/aromatic N) is 2. The molecule has 2 aromatic rings. The predicted molar refractivity (Wildman–Crippen MR) is 148 cm³/mol. The molecule has 2 aliphatic rings. The molecule has 1 saturated carbocycles. The highest BCUT2D eigenvalue weighted by atomic mass is 32.1. The summed E-state index contributed by atoms with van der Waals surface area (Å²) in [5.41, 5.74) is 2.79. The average molecular weight is 554 g/mol. The van der Waals surface area contributed by atoms with Gasteiger partial charge in [0.15, 0.2) is 0 Å². The second-order valence-electron chi connectivity index (χ2n) is 9.75. The van der Waals surface area contributed by atoms with E-state index in [2.05, 4.69) is 10.3 Å². The summed E-state index contributed by atoms with van der Waals surface area (Å²) in [6.07, 6.45) is -3.39. The number of hydrogen-bond donors (Lipinski definition) is 1. The lowest BCUT2D eigenvalue weighted by Crippen LogP contribution is -2.52. The number of alkyl halides is 3. The van der Waals surface area contributed by atoms with Crippen molar-refractivity contribution in [2.75, 3.05) is 6.54 Å². The Morgan fingerprint density at radius 3 is 2.21 bits per heavy atom. The highest BCUT2D eigenvalue weighted by Crippen LogP contribution is 2.64. The number of thiazole rings is 1. The maximum absolute atomic E-state index is 13.8. The lowest BCUT2D eigenvalue weighted by molar-refractivity contribution is -0.211. The molecule has 38 heavy (non-hydrogen) atoms. The third-order valence-electron chi connectivity index (χ3n) is 7.15. The molecule has 0 spiro atoms. The van der Waals surface area contributed by atoms with E-state index in [1.807, 2.05) is 58.9 Å². The summed E-state index contributed by atoms with van der Waals surface area (Å²) in [6.45, 7) is 13.9. The molecule has 9 heteroatoms. The summed E-state index contributed by atoms with van der Waals surface area (Å²) in [6, 6.07) is 7.10. The number of halogens is 3. The molecule has 1 saturated heterocycles. The molecule has 212 valence electrons. The van der Waals surface area contributed by atoms with E-state index >= 15 is 0 Å². The second-order valence-corrected chi connectivity index (χ2v) is 10.6. The van der Waals surface area contributed by atoms with E-state index in [0.717, 1.165) is 21.7 Å². The molecule has 5 nitrogen and oxygen atoms in total. The highest BCUT2D eigenvalue weighted by Gasteiger charge is 2.69. The zero-order chi connectivity index (χ0) is 28.7. The number of nitrogens with one attached hydrogen (secondary N) is 1. The molecule has 1 N–H and O–H groups in total. The van der Waals surface area contributed by atoms with Crippen LogP contribution in [0.1, 0.15) is 78.5 Å². The zero-order valence-electron chi connectivity index (χ0n) is 23.6. The quantitative estimate of drug-likeness (QED) is 0.389. The fourth-order valence-electron chi connectivity index (χ4n) is 5.21. The minimum atomic E-state index is -4.42. The van der Waals surface area contributed by atoms with Gasteiger partial charge < -0.3 is 10.2 Å². The summed E-state index contributed by atoms with van der Waals surface area (Å²) in [4.78, 5) is 33.0. The van der Waals surface area contributed by atoms with Crippen LogP contribution in [-0.4, -0.2) is 40.5 Å². The Kier molecular flexibility index (Phi) is 11.4. The zero-order valence-corrected chi connectivity index (χ0v) is 24.4. The fraction of sp³-hybridized carbons (Fsp3) is 0.621. The molecule has 0 radical (unpaired) electrons. The lowest BCUT2D eigenvalue weighted by Gasteiger charge is -2.35. The van der Waals surface area contributed by atoms with Gasteiger partial charge in [-0.25, -0.2) is 4.98 Å². The highest BCUT2D eigenvalue weighted by molar-refractivity contribution is 7.13. The van der Waals surface area contributed by atoms with Gasteiger partial charge in [0.25, 0.3) is 0 Å². The van der Waals surface area contributed by atoms with Crippen LogP contribution in [0.5, 0.6) is 0 Å². The van der Waals surface area contributed by atoms with Crippen LogP contribution in [0.15, 0.2) is 29.8 Å². The summed E-state index contributed by atoms with van der Waals surface area (Å²) in [5, 5.41) is 2.88.